The molecular weight excluding hydrogens is 379 g/mol. The first-order valence-corrected chi connectivity index (χ1v) is 10.9. The normalized spacial score (nSPS) is 16.1. The largest absolute Gasteiger partial charge is 0.353 e. The molecule has 1 fully saturated rings. The average molecular weight is 405 g/mol. The zero-order chi connectivity index (χ0) is 20.1. The quantitative estimate of drug-likeness (QED) is 0.805. The molecule has 1 saturated heterocycles. The standard InChI is InChI=1S/C21H25FN2O3S/c1-16-2-9-20(10-3-16)28(26,27)24-14-12-19(13-15-24)23-21(25)11-6-17-4-7-18(22)8-5-17/h2-5,7-10,19H,6,11-15H2,1H3,(H,23,25). The highest BCUT2D eigenvalue weighted by molar-refractivity contribution is 7.89. The van der Waals surface area contributed by atoms with Crippen molar-refractivity contribution in [2.45, 2.75) is 43.5 Å². The summed E-state index contributed by atoms with van der Waals surface area (Å²) in [5.41, 5.74) is 1.93. The van der Waals surface area contributed by atoms with Crippen LogP contribution >= 0.6 is 0 Å². The molecule has 0 unspecified atom stereocenters. The van der Waals surface area contributed by atoms with Crippen molar-refractivity contribution in [3.63, 3.8) is 0 Å². The lowest BCUT2D eigenvalue weighted by Gasteiger charge is -2.31. The number of rotatable bonds is 6. The van der Waals surface area contributed by atoms with Gasteiger partial charge in [0.2, 0.25) is 15.9 Å². The van der Waals surface area contributed by atoms with E-state index in [1.54, 1.807) is 36.4 Å². The molecule has 1 aliphatic rings. The predicted octanol–water partition coefficient (Wildman–Crippen LogP) is 3.04. The van der Waals surface area contributed by atoms with Crippen molar-refractivity contribution < 1.29 is 17.6 Å². The average Bonchev–Trinajstić information content (AvgIpc) is 2.68. The Kier molecular flexibility index (Phi) is 6.46. The second-order valence-electron chi connectivity index (χ2n) is 7.19. The molecule has 1 aliphatic heterocycles. The van der Waals surface area contributed by atoms with Crippen molar-refractivity contribution >= 4 is 15.9 Å². The van der Waals surface area contributed by atoms with E-state index in [1.807, 2.05) is 6.92 Å². The molecule has 0 radical (unpaired) electrons. The van der Waals surface area contributed by atoms with Gasteiger partial charge in [0.05, 0.1) is 4.90 Å². The van der Waals surface area contributed by atoms with Crippen LogP contribution in [-0.2, 0) is 21.2 Å². The smallest absolute Gasteiger partial charge is 0.243 e. The number of nitrogens with one attached hydrogen (secondary N) is 1. The topological polar surface area (TPSA) is 66.5 Å². The molecule has 150 valence electrons. The Bertz CT molecular complexity index is 904. The number of sulfonamides is 1. The maximum atomic E-state index is 12.9. The van der Waals surface area contributed by atoms with Gasteiger partial charge in [-0.3, -0.25) is 4.79 Å². The summed E-state index contributed by atoms with van der Waals surface area (Å²) in [5.74, 6) is -0.357. The molecule has 3 rings (SSSR count). The molecule has 2 aromatic carbocycles. The van der Waals surface area contributed by atoms with Gasteiger partial charge in [0.25, 0.3) is 0 Å². The number of halogens is 1. The summed E-state index contributed by atoms with van der Waals surface area (Å²) < 4.78 is 39.8. The SMILES string of the molecule is Cc1ccc(S(=O)(=O)N2CCC(NC(=O)CCc3ccc(F)cc3)CC2)cc1. The van der Waals surface area contributed by atoms with Gasteiger partial charge in [0.1, 0.15) is 5.82 Å². The molecule has 1 N–H and O–H groups in total. The number of aryl methyl sites for hydroxylation is 2. The summed E-state index contributed by atoms with van der Waals surface area (Å²) in [5, 5.41) is 2.99. The second kappa shape index (κ2) is 8.84. The van der Waals surface area contributed by atoms with Crippen LogP contribution in [0, 0.1) is 12.7 Å². The summed E-state index contributed by atoms with van der Waals surface area (Å²) in [4.78, 5) is 12.5. The van der Waals surface area contributed by atoms with Gasteiger partial charge in [0.15, 0.2) is 0 Å². The molecular formula is C21H25FN2O3S. The second-order valence-corrected chi connectivity index (χ2v) is 9.12. The van der Waals surface area contributed by atoms with Crippen molar-refractivity contribution in [1.82, 2.24) is 9.62 Å². The van der Waals surface area contributed by atoms with Crippen molar-refractivity contribution in [2.75, 3.05) is 13.1 Å². The molecule has 0 aliphatic carbocycles. The van der Waals surface area contributed by atoms with E-state index in [0.29, 0.717) is 43.7 Å². The monoisotopic (exact) mass is 404 g/mol. The number of carbonyl (C=O) groups excluding carboxylic acids is 1. The van der Waals surface area contributed by atoms with Crippen LogP contribution in [0.3, 0.4) is 0 Å². The summed E-state index contributed by atoms with van der Waals surface area (Å²) in [6.07, 6.45) is 2.06. The predicted molar refractivity (Wildman–Crippen MR) is 106 cm³/mol. The fourth-order valence-electron chi connectivity index (χ4n) is 3.31. The van der Waals surface area contributed by atoms with E-state index in [2.05, 4.69) is 5.32 Å². The molecule has 1 amide bonds. The number of benzene rings is 2. The molecule has 0 saturated carbocycles. The van der Waals surface area contributed by atoms with Gasteiger partial charge in [-0.1, -0.05) is 29.8 Å². The lowest BCUT2D eigenvalue weighted by atomic mass is 10.1. The van der Waals surface area contributed by atoms with Crippen molar-refractivity contribution in [1.29, 1.82) is 0 Å². The van der Waals surface area contributed by atoms with Crippen LogP contribution < -0.4 is 5.32 Å². The Morgan fingerprint density at radius 1 is 1.07 bits per heavy atom. The highest BCUT2D eigenvalue weighted by atomic mass is 32.2. The number of nitrogens with zero attached hydrogens (tertiary/aromatic N) is 1. The van der Waals surface area contributed by atoms with Crippen molar-refractivity contribution in [3.8, 4) is 0 Å². The number of piperidine rings is 1. The Morgan fingerprint density at radius 3 is 2.29 bits per heavy atom. The summed E-state index contributed by atoms with van der Waals surface area (Å²) in [6, 6.07) is 13.0. The first-order chi connectivity index (χ1) is 13.3. The van der Waals surface area contributed by atoms with Gasteiger partial charge in [-0.05, 0) is 56.0 Å². The van der Waals surface area contributed by atoms with Gasteiger partial charge in [-0.25, -0.2) is 12.8 Å². The van der Waals surface area contributed by atoms with Crippen molar-refractivity contribution in [2.24, 2.45) is 0 Å². The van der Waals surface area contributed by atoms with Gasteiger partial charge < -0.3 is 5.32 Å². The Hall–Kier alpha value is -2.25. The van der Waals surface area contributed by atoms with E-state index in [1.165, 1.54) is 16.4 Å². The van der Waals surface area contributed by atoms with E-state index >= 15 is 0 Å². The highest BCUT2D eigenvalue weighted by Crippen LogP contribution is 2.21. The number of hydrogen-bond donors (Lipinski definition) is 1. The Morgan fingerprint density at radius 2 is 1.68 bits per heavy atom. The number of carbonyl (C=O) groups is 1. The fraction of sp³-hybridized carbons (Fsp3) is 0.381. The van der Waals surface area contributed by atoms with Crippen LogP contribution in [0.15, 0.2) is 53.4 Å². The number of amides is 1. The Balaban J connectivity index is 1.47. The van der Waals surface area contributed by atoms with E-state index in [9.17, 15) is 17.6 Å². The molecule has 7 heteroatoms. The fourth-order valence-corrected chi connectivity index (χ4v) is 4.78. The Labute approximate surface area is 165 Å². The highest BCUT2D eigenvalue weighted by Gasteiger charge is 2.29. The van der Waals surface area contributed by atoms with E-state index < -0.39 is 10.0 Å². The minimum atomic E-state index is -3.49. The van der Waals surface area contributed by atoms with Gasteiger partial charge >= 0.3 is 0 Å². The molecule has 5 nitrogen and oxygen atoms in total. The molecule has 0 aromatic heterocycles. The van der Waals surface area contributed by atoms with Crippen LogP contribution in [0.25, 0.3) is 0 Å². The van der Waals surface area contributed by atoms with Gasteiger partial charge in [-0.2, -0.15) is 4.31 Å². The summed E-state index contributed by atoms with van der Waals surface area (Å²) in [7, 11) is -3.49. The first-order valence-electron chi connectivity index (χ1n) is 9.45. The van der Waals surface area contributed by atoms with Crippen LogP contribution in [0.4, 0.5) is 4.39 Å². The lowest BCUT2D eigenvalue weighted by molar-refractivity contribution is -0.122. The van der Waals surface area contributed by atoms with Gasteiger partial charge in [-0.15, -0.1) is 0 Å². The molecule has 28 heavy (non-hydrogen) atoms. The van der Waals surface area contributed by atoms with Crippen molar-refractivity contribution in [3.05, 3.63) is 65.5 Å². The lowest BCUT2D eigenvalue weighted by Crippen LogP contribution is -2.46. The maximum Gasteiger partial charge on any atom is 0.243 e. The zero-order valence-electron chi connectivity index (χ0n) is 15.9. The third kappa shape index (κ3) is 5.17. The molecule has 0 bridgehead atoms. The summed E-state index contributed by atoms with van der Waals surface area (Å²) in [6.45, 7) is 2.69. The van der Waals surface area contributed by atoms with E-state index in [0.717, 1.165) is 11.1 Å². The summed E-state index contributed by atoms with van der Waals surface area (Å²) >= 11 is 0. The van der Waals surface area contributed by atoms with E-state index in [-0.39, 0.29) is 17.8 Å². The minimum absolute atomic E-state index is 0.0230. The number of hydrogen-bond acceptors (Lipinski definition) is 3. The third-order valence-electron chi connectivity index (χ3n) is 5.03. The maximum absolute atomic E-state index is 12.9. The first kappa shape index (κ1) is 20.5. The van der Waals surface area contributed by atoms with Gasteiger partial charge in [0, 0.05) is 25.6 Å². The third-order valence-corrected chi connectivity index (χ3v) is 6.94. The molecule has 1 heterocycles. The zero-order valence-corrected chi connectivity index (χ0v) is 16.7. The molecule has 0 atom stereocenters. The molecule has 0 spiro atoms. The minimum Gasteiger partial charge on any atom is -0.353 e. The van der Waals surface area contributed by atoms with Crippen LogP contribution in [0.1, 0.15) is 30.4 Å². The molecule has 2 aromatic rings. The van der Waals surface area contributed by atoms with Crippen LogP contribution in [0.5, 0.6) is 0 Å². The van der Waals surface area contributed by atoms with Crippen LogP contribution in [0.2, 0.25) is 0 Å². The van der Waals surface area contributed by atoms with Crippen LogP contribution in [-0.4, -0.2) is 37.8 Å². The van der Waals surface area contributed by atoms with E-state index in [4.69, 9.17) is 0 Å².